The fraction of sp³-hybridized carbons (Fsp3) is 0.188. The van der Waals surface area contributed by atoms with Crippen molar-refractivity contribution >= 4 is 11.3 Å². The van der Waals surface area contributed by atoms with Gasteiger partial charge in [-0.1, -0.05) is 6.92 Å². The number of benzene rings is 1. The van der Waals surface area contributed by atoms with Crippen LogP contribution in [-0.2, 0) is 0 Å². The van der Waals surface area contributed by atoms with Crippen LogP contribution in [0.4, 0.5) is 5.69 Å². The first-order chi connectivity index (χ1) is 9.78. The van der Waals surface area contributed by atoms with Gasteiger partial charge in [-0.3, -0.25) is 0 Å². The lowest BCUT2D eigenvalue weighted by Crippen LogP contribution is -1.94. The zero-order valence-electron chi connectivity index (χ0n) is 11.4. The first-order valence-corrected chi connectivity index (χ1v) is 6.74. The molecule has 0 aliphatic rings. The molecule has 0 amide bonds. The van der Waals surface area contributed by atoms with Crippen LogP contribution in [0.2, 0.25) is 0 Å². The number of aromatic nitrogens is 2. The van der Waals surface area contributed by atoms with Crippen LogP contribution in [-0.4, -0.2) is 16.0 Å². The Hall–Kier alpha value is -2.49. The van der Waals surface area contributed by atoms with Crippen LogP contribution in [0, 0.1) is 0 Å². The van der Waals surface area contributed by atoms with E-state index in [-0.39, 0.29) is 0 Å². The van der Waals surface area contributed by atoms with Gasteiger partial charge in [0.15, 0.2) is 5.65 Å². The first kappa shape index (κ1) is 12.5. The third-order valence-corrected chi connectivity index (χ3v) is 3.14. The molecule has 0 aliphatic heterocycles. The molecule has 3 aromatic rings. The number of ether oxygens (including phenoxy) is 1. The van der Waals surface area contributed by atoms with Gasteiger partial charge in [-0.2, -0.15) is 0 Å². The smallest absolute Gasteiger partial charge is 0.160 e. The molecule has 0 saturated heterocycles. The molecule has 0 fully saturated rings. The second-order valence-electron chi connectivity index (χ2n) is 4.69. The number of anilines is 1. The molecule has 2 aromatic heterocycles. The zero-order valence-corrected chi connectivity index (χ0v) is 11.4. The Bertz CT molecular complexity index is 716. The Morgan fingerprint density at radius 2 is 2.00 bits per heavy atom. The second-order valence-corrected chi connectivity index (χ2v) is 4.69. The summed E-state index contributed by atoms with van der Waals surface area (Å²) >= 11 is 0. The Morgan fingerprint density at radius 3 is 2.70 bits per heavy atom. The number of nitrogen functional groups attached to an aromatic ring is 1. The minimum atomic E-state index is 0.682. The number of hydrogen-bond acceptors (Lipinski definition) is 3. The maximum absolute atomic E-state index is 5.92. The van der Waals surface area contributed by atoms with Gasteiger partial charge in [-0.05, 0) is 42.8 Å². The van der Waals surface area contributed by atoms with Crippen LogP contribution in [0.25, 0.3) is 16.9 Å². The highest BCUT2D eigenvalue weighted by Crippen LogP contribution is 2.23. The molecule has 2 heterocycles. The highest BCUT2D eigenvalue weighted by molar-refractivity contribution is 5.70. The summed E-state index contributed by atoms with van der Waals surface area (Å²) < 4.78 is 7.52. The number of pyridine rings is 1. The average molecular weight is 267 g/mol. The topological polar surface area (TPSA) is 52.5 Å². The van der Waals surface area contributed by atoms with Crippen molar-refractivity contribution in [1.82, 2.24) is 9.38 Å². The van der Waals surface area contributed by atoms with E-state index in [2.05, 4.69) is 11.9 Å². The van der Waals surface area contributed by atoms with E-state index in [1.165, 1.54) is 0 Å². The summed E-state index contributed by atoms with van der Waals surface area (Å²) in [7, 11) is 0. The third-order valence-electron chi connectivity index (χ3n) is 3.14. The van der Waals surface area contributed by atoms with Crippen LogP contribution in [0.5, 0.6) is 5.75 Å². The quantitative estimate of drug-likeness (QED) is 0.788. The minimum Gasteiger partial charge on any atom is -0.494 e. The van der Waals surface area contributed by atoms with Crippen LogP contribution in [0.3, 0.4) is 0 Å². The largest absolute Gasteiger partial charge is 0.494 e. The third kappa shape index (κ3) is 2.32. The molecule has 0 bridgehead atoms. The van der Waals surface area contributed by atoms with Crippen molar-refractivity contribution in [2.45, 2.75) is 13.3 Å². The van der Waals surface area contributed by atoms with Gasteiger partial charge in [0.25, 0.3) is 0 Å². The SMILES string of the molecule is CCCOc1ccc(-c2cn3cccc(N)c3n2)cc1. The van der Waals surface area contributed by atoms with Crippen molar-refractivity contribution in [3.8, 4) is 17.0 Å². The molecular weight excluding hydrogens is 250 g/mol. The van der Waals surface area contributed by atoms with E-state index in [4.69, 9.17) is 10.5 Å². The maximum Gasteiger partial charge on any atom is 0.160 e. The van der Waals surface area contributed by atoms with E-state index in [1.54, 1.807) is 0 Å². The lowest BCUT2D eigenvalue weighted by molar-refractivity contribution is 0.317. The monoisotopic (exact) mass is 267 g/mol. The van der Waals surface area contributed by atoms with Gasteiger partial charge in [-0.25, -0.2) is 4.98 Å². The average Bonchev–Trinajstić information content (AvgIpc) is 2.91. The Kier molecular flexibility index (Phi) is 3.29. The molecule has 20 heavy (non-hydrogen) atoms. The van der Waals surface area contributed by atoms with Gasteiger partial charge in [-0.15, -0.1) is 0 Å². The lowest BCUT2D eigenvalue weighted by Gasteiger charge is -2.04. The fourth-order valence-corrected chi connectivity index (χ4v) is 2.12. The van der Waals surface area contributed by atoms with E-state index in [0.717, 1.165) is 35.7 Å². The van der Waals surface area contributed by atoms with Crippen LogP contribution in [0.1, 0.15) is 13.3 Å². The molecule has 0 atom stereocenters. The van der Waals surface area contributed by atoms with E-state index >= 15 is 0 Å². The number of hydrogen-bond donors (Lipinski definition) is 1. The summed E-state index contributed by atoms with van der Waals surface area (Å²) in [5.74, 6) is 0.888. The van der Waals surface area contributed by atoms with Crippen molar-refractivity contribution in [1.29, 1.82) is 0 Å². The molecule has 2 N–H and O–H groups in total. The predicted molar refractivity (Wildman–Crippen MR) is 80.8 cm³/mol. The number of nitrogens with two attached hydrogens (primary N) is 1. The molecule has 102 valence electrons. The zero-order chi connectivity index (χ0) is 13.9. The molecule has 4 nitrogen and oxygen atoms in total. The van der Waals surface area contributed by atoms with Crippen molar-refractivity contribution < 1.29 is 4.74 Å². The molecular formula is C16H17N3O. The molecule has 0 spiro atoms. The summed E-state index contributed by atoms with van der Waals surface area (Å²) in [6, 6.07) is 11.7. The summed E-state index contributed by atoms with van der Waals surface area (Å²) in [5, 5.41) is 0. The lowest BCUT2D eigenvalue weighted by atomic mass is 10.2. The summed E-state index contributed by atoms with van der Waals surface area (Å²) in [6.07, 6.45) is 4.93. The maximum atomic E-state index is 5.92. The Morgan fingerprint density at radius 1 is 1.20 bits per heavy atom. The number of nitrogens with zero attached hydrogens (tertiary/aromatic N) is 2. The molecule has 4 heteroatoms. The first-order valence-electron chi connectivity index (χ1n) is 6.74. The second kappa shape index (κ2) is 5.25. The molecule has 1 aromatic carbocycles. The predicted octanol–water partition coefficient (Wildman–Crippen LogP) is 3.37. The highest BCUT2D eigenvalue weighted by Gasteiger charge is 2.06. The van der Waals surface area contributed by atoms with Crippen LogP contribution < -0.4 is 10.5 Å². The van der Waals surface area contributed by atoms with E-state index in [1.807, 2.05) is 53.2 Å². The summed E-state index contributed by atoms with van der Waals surface area (Å²) in [5.41, 5.74) is 9.35. The van der Waals surface area contributed by atoms with Gasteiger partial charge in [0.05, 0.1) is 18.0 Å². The summed E-state index contributed by atoms with van der Waals surface area (Å²) in [6.45, 7) is 2.83. The molecule has 0 aliphatic carbocycles. The molecule has 0 saturated carbocycles. The van der Waals surface area contributed by atoms with Crippen LogP contribution in [0.15, 0.2) is 48.8 Å². The standard InChI is InChI=1S/C16H17N3O/c1-2-10-20-13-7-5-12(6-8-13)15-11-19-9-3-4-14(17)16(19)18-15/h3-9,11H,2,10,17H2,1H3. The van der Waals surface area contributed by atoms with Gasteiger partial charge < -0.3 is 14.9 Å². The van der Waals surface area contributed by atoms with Gasteiger partial charge in [0.2, 0.25) is 0 Å². The molecule has 0 radical (unpaired) electrons. The summed E-state index contributed by atoms with van der Waals surface area (Å²) in [4.78, 5) is 4.57. The molecule has 3 rings (SSSR count). The van der Waals surface area contributed by atoms with Crippen molar-refractivity contribution in [2.75, 3.05) is 12.3 Å². The van der Waals surface area contributed by atoms with Crippen LogP contribution >= 0.6 is 0 Å². The fourth-order valence-electron chi connectivity index (χ4n) is 2.12. The van der Waals surface area contributed by atoms with Crippen molar-refractivity contribution in [2.24, 2.45) is 0 Å². The van der Waals surface area contributed by atoms with Gasteiger partial charge >= 0.3 is 0 Å². The number of rotatable bonds is 4. The Balaban J connectivity index is 1.92. The van der Waals surface area contributed by atoms with Gasteiger partial charge in [0, 0.05) is 18.0 Å². The Labute approximate surface area is 117 Å². The van der Waals surface area contributed by atoms with E-state index in [0.29, 0.717) is 5.69 Å². The van der Waals surface area contributed by atoms with E-state index < -0.39 is 0 Å². The van der Waals surface area contributed by atoms with Crippen molar-refractivity contribution in [3.05, 3.63) is 48.8 Å². The van der Waals surface area contributed by atoms with E-state index in [9.17, 15) is 0 Å². The van der Waals surface area contributed by atoms with Gasteiger partial charge in [0.1, 0.15) is 5.75 Å². The highest BCUT2D eigenvalue weighted by atomic mass is 16.5. The number of imidazole rings is 1. The molecule has 0 unspecified atom stereocenters. The van der Waals surface area contributed by atoms with Crippen molar-refractivity contribution in [3.63, 3.8) is 0 Å². The number of fused-ring (bicyclic) bond motifs is 1. The normalized spacial score (nSPS) is 10.8. The minimum absolute atomic E-state index is 0.682.